The van der Waals surface area contributed by atoms with Crippen molar-refractivity contribution in [2.75, 3.05) is 52.3 Å². The van der Waals surface area contributed by atoms with Crippen LogP contribution in [-0.4, -0.2) is 68.2 Å². The maximum Gasteiger partial charge on any atom is 0.238 e. The second-order valence-electron chi connectivity index (χ2n) is 10.0. The third-order valence-corrected chi connectivity index (χ3v) is 8.10. The predicted molar refractivity (Wildman–Crippen MR) is 117 cm³/mol. The molecule has 1 N–H and O–H groups in total. The molecule has 6 rings (SSSR count). The van der Waals surface area contributed by atoms with Gasteiger partial charge in [0.05, 0.1) is 26.5 Å². The Morgan fingerprint density at radius 1 is 1.00 bits per heavy atom. The van der Waals surface area contributed by atoms with Crippen LogP contribution in [-0.2, 0) is 4.79 Å². The zero-order chi connectivity index (χ0) is 20.7. The lowest BCUT2D eigenvalue weighted by Crippen LogP contribution is -2.64. The summed E-state index contributed by atoms with van der Waals surface area (Å²) in [5.74, 6) is 4.31. The van der Waals surface area contributed by atoms with Crippen molar-refractivity contribution in [2.45, 2.75) is 44.1 Å². The molecule has 5 fully saturated rings. The van der Waals surface area contributed by atoms with Gasteiger partial charge in [-0.25, -0.2) is 0 Å². The van der Waals surface area contributed by atoms with Gasteiger partial charge in [-0.3, -0.25) is 14.6 Å². The summed E-state index contributed by atoms with van der Waals surface area (Å²) in [5.41, 5.74) is 1.14. The van der Waals surface area contributed by atoms with Gasteiger partial charge in [0, 0.05) is 37.8 Å². The molecule has 6 nitrogen and oxygen atoms in total. The summed E-state index contributed by atoms with van der Waals surface area (Å²) >= 11 is 0. The molecule has 30 heavy (non-hydrogen) atoms. The first-order valence-electron chi connectivity index (χ1n) is 11.6. The zero-order valence-corrected chi connectivity index (χ0v) is 18.4. The van der Waals surface area contributed by atoms with E-state index in [1.165, 1.54) is 38.5 Å². The van der Waals surface area contributed by atoms with Crippen LogP contribution in [0.4, 0.5) is 5.69 Å². The number of piperazine rings is 1. The molecule has 1 aliphatic heterocycles. The van der Waals surface area contributed by atoms with Gasteiger partial charge in [0.25, 0.3) is 0 Å². The summed E-state index contributed by atoms with van der Waals surface area (Å²) in [5, 5.41) is 3.00. The summed E-state index contributed by atoms with van der Waals surface area (Å²) in [6, 6.07) is 5.46. The van der Waals surface area contributed by atoms with Crippen LogP contribution >= 0.6 is 0 Å². The van der Waals surface area contributed by atoms with Gasteiger partial charge in [-0.05, 0) is 68.4 Å². The molecule has 0 radical (unpaired) electrons. The summed E-state index contributed by atoms with van der Waals surface area (Å²) in [4.78, 5) is 17.8. The van der Waals surface area contributed by atoms with Crippen molar-refractivity contribution in [1.29, 1.82) is 0 Å². The van der Waals surface area contributed by atoms with Gasteiger partial charge in [0.15, 0.2) is 0 Å². The second kappa shape index (κ2) is 8.04. The van der Waals surface area contributed by atoms with Gasteiger partial charge >= 0.3 is 0 Å². The van der Waals surface area contributed by atoms with Crippen LogP contribution in [0, 0.1) is 17.8 Å². The number of rotatable bonds is 6. The summed E-state index contributed by atoms with van der Waals surface area (Å²) in [6.07, 6.45) is 8.76. The van der Waals surface area contributed by atoms with Crippen LogP contribution in [0.25, 0.3) is 0 Å². The highest BCUT2D eigenvalue weighted by atomic mass is 16.5. The lowest BCUT2D eigenvalue weighted by molar-refractivity contribution is -0.120. The third kappa shape index (κ3) is 3.80. The Morgan fingerprint density at radius 2 is 1.63 bits per heavy atom. The number of ether oxygens (including phenoxy) is 2. The molecule has 5 aliphatic rings. The Morgan fingerprint density at radius 3 is 2.20 bits per heavy atom. The van der Waals surface area contributed by atoms with Crippen LogP contribution in [0.2, 0.25) is 0 Å². The van der Waals surface area contributed by atoms with E-state index in [4.69, 9.17) is 9.47 Å². The van der Waals surface area contributed by atoms with E-state index in [-0.39, 0.29) is 5.91 Å². The number of carbonyl (C=O) groups is 1. The molecule has 4 bridgehead atoms. The lowest BCUT2D eigenvalue weighted by Gasteiger charge is -2.61. The number of hydrogen-bond donors (Lipinski definition) is 1. The molecule has 1 aromatic rings. The maximum atomic E-state index is 12.7. The van der Waals surface area contributed by atoms with Crippen LogP contribution in [0.5, 0.6) is 11.5 Å². The highest BCUT2D eigenvalue weighted by Crippen LogP contribution is 2.57. The standard InChI is InChI=1S/C24H35N3O3/c1-29-20-3-4-22(30-2)21(12-20)25-23(28)16-26-5-7-27(8-6-26)24-13-17-9-18(14-24)11-19(10-17)15-24/h3-4,12,17-19H,5-11,13-16H2,1-2H3,(H,25,28). The Bertz CT molecular complexity index is 753. The van der Waals surface area contributed by atoms with Crippen molar-refractivity contribution in [3.05, 3.63) is 18.2 Å². The van der Waals surface area contributed by atoms with E-state index in [0.29, 0.717) is 29.3 Å². The lowest BCUT2D eigenvalue weighted by atomic mass is 9.52. The summed E-state index contributed by atoms with van der Waals surface area (Å²) in [7, 11) is 3.23. The number of methoxy groups -OCH3 is 2. The van der Waals surface area contributed by atoms with Crippen molar-refractivity contribution in [1.82, 2.24) is 9.80 Å². The molecule has 1 heterocycles. The average Bonchev–Trinajstić information content (AvgIpc) is 2.73. The minimum atomic E-state index is 0.00445. The maximum absolute atomic E-state index is 12.7. The zero-order valence-electron chi connectivity index (χ0n) is 18.4. The fourth-order valence-corrected chi connectivity index (χ4v) is 7.14. The Balaban J connectivity index is 1.16. The molecule has 0 aromatic heterocycles. The van der Waals surface area contributed by atoms with Crippen LogP contribution in [0.15, 0.2) is 18.2 Å². The molecule has 1 aromatic carbocycles. The Kier molecular flexibility index (Phi) is 5.40. The topological polar surface area (TPSA) is 54.0 Å². The smallest absolute Gasteiger partial charge is 0.238 e. The van der Waals surface area contributed by atoms with Gasteiger partial charge in [0.1, 0.15) is 11.5 Å². The van der Waals surface area contributed by atoms with Gasteiger partial charge < -0.3 is 14.8 Å². The number of hydrogen-bond acceptors (Lipinski definition) is 5. The minimum Gasteiger partial charge on any atom is -0.497 e. The number of nitrogens with one attached hydrogen (secondary N) is 1. The van der Waals surface area contributed by atoms with E-state index >= 15 is 0 Å². The molecule has 0 spiro atoms. The van der Waals surface area contributed by atoms with Crippen molar-refractivity contribution >= 4 is 11.6 Å². The largest absolute Gasteiger partial charge is 0.497 e. The monoisotopic (exact) mass is 413 g/mol. The molecule has 0 atom stereocenters. The molecule has 4 saturated carbocycles. The Hall–Kier alpha value is -1.79. The molecule has 4 aliphatic carbocycles. The number of benzene rings is 1. The highest BCUT2D eigenvalue weighted by Gasteiger charge is 2.53. The quantitative estimate of drug-likeness (QED) is 0.776. The molecule has 1 saturated heterocycles. The van der Waals surface area contributed by atoms with Gasteiger partial charge in [-0.1, -0.05) is 0 Å². The van der Waals surface area contributed by atoms with Gasteiger partial charge in [0.2, 0.25) is 5.91 Å². The number of carbonyl (C=O) groups excluding carboxylic acids is 1. The first-order chi connectivity index (χ1) is 14.6. The predicted octanol–water partition coefficient (Wildman–Crippen LogP) is 3.23. The first-order valence-corrected chi connectivity index (χ1v) is 11.6. The van der Waals surface area contributed by atoms with E-state index in [9.17, 15) is 4.79 Å². The third-order valence-electron chi connectivity index (χ3n) is 8.10. The second-order valence-corrected chi connectivity index (χ2v) is 10.0. The molecule has 164 valence electrons. The number of anilines is 1. The molecular weight excluding hydrogens is 378 g/mol. The molecule has 0 unspecified atom stereocenters. The van der Waals surface area contributed by atoms with Crippen LogP contribution in [0.3, 0.4) is 0 Å². The molecule has 1 amide bonds. The Labute approximate surface area is 179 Å². The summed E-state index contributed by atoms with van der Waals surface area (Å²) in [6.45, 7) is 4.58. The van der Waals surface area contributed by atoms with E-state index < -0.39 is 0 Å². The fourth-order valence-electron chi connectivity index (χ4n) is 7.14. The van der Waals surface area contributed by atoms with Crippen LogP contribution in [0.1, 0.15) is 38.5 Å². The normalized spacial score (nSPS) is 33.5. The van der Waals surface area contributed by atoms with Gasteiger partial charge in [-0.15, -0.1) is 0 Å². The number of amides is 1. The molecule has 6 heteroatoms. The van der Waals surface area contributed by atoms with E-state index in [1.807, 2.05) is 18.2 Å². The van der Waals surface area contributed by atoms with Crippen molar-refractivity contribution in [3.63, 3.8) is 0 Å². The highest BCUT2D eigenvalue weighted by molar-refractivity contribution is 5.94. The van der Waals surface area contributed by atoms with E-state index in [0.717, 1.165) is 43.9 Å². The minimum absolute atomic E-state index is 0.00445. The van der Waals surface area contributed by atoms with E-state index in [1.54, 1.807) is 14.2 Å². The average molecular weight is 414 g/mol. The SMILES string of the molecule is COc1ccc(OC)c(NC(=O)CN2CCN(C34CC5CC(CC(C5)C3)C4)CC2)c1. The van der Waals surface area contributed by atoms with Gasteiger partial charge in [-0.2, -0.15) is 0 Å². The molecular formula is C24H35N3O3. The summed E-state index contributed by atoms with van der Waals surface area (Å²) < 4.78 is 10.7. The van der Waals surface area contributed by atoms with Crippen LogP contribution < -0.4 is 14.8 Å². The fraction of sp³-hybridized carbons (Fsp3) is 0.708. The first kappa shape index (κ1) is 20.1. The van der Waals surface area contributed by atoms with Crippen molar-refractivity contribution < 1.29 is 14.3 Å². The van der Waals surface area contributed by atoms with E-state index in [2.05, 4.69) is 15.1 Å². The number of nitrogens with zero attached hydrogens (tertiary/aromatic N) is 2. The van der Waals surface area contributed by atoms with Crippen molar-refractivity contribution in [3.8, 4) is 11.5 Å². The van der Waals surface area contributed by atoms with Crippen molar-refractivity contribution in [2.24, 2.45) is 17.8 Å².